The van der Waals surface area contributed by atoms with Gasteiger partial charge in [0.25, 0.3) is 0 Å². The van der Waals surface area contributed by atoms with E-state index in [9.17, 15) is 0 Å². The standard InChI is InChI=1S/C39H24N4/c1-3-11-25(12-4-1)42-34-18-10-9-16-28(34)32-23-33-30-20-19-29-27-15-7-8-17-31(27)39-40-21-22-41(39)37(29)38(30)43(36(33)24-35(32)42)26-13-5-2-6-14-26/h1-24H. The number of imidazole rings is 1. The van der Waals surface area contributed by atoms with Crippen LogP contribution in [0.1, 0.15) is 0 Å². The number of pyridine rings is 1. The molecule has 0 atom stereocenters. The molecule has 0 bridgehead atoms. The van der Waals surface area contributed by atoms with Crippen LogP contribution in [-0.4, -0.2) is 18.5 Å². The third-order valence-electron chi connectivity index (χ3n) is 9.06. The first-order valence-electron chi connectivity index (χ1n) is 14.7. The monoisotopic (exact) mass is 548 g/mol. The van der Waals surface area contributed by atoms with Crippen molar-refractivity contribution < 1.29 is 0 Å². The Morgan fingerprint density at radius 3 is 1.74 bits per heavy atom. The number of hydrogen-bond acceptors (Lipinski definition) is 1. The zero-order valence-corrected chi connectivity index (χ0v) is 23.1. The van der Waals surface area contributed by atoms with Crippen molar-refractivity contribution in [3.8, 4) is 11.4 Å². The van der Waals surface area contributed by atoms with Crippen LogP contribution in [-0.2, 0) is 0 Å². The van der Waals surface area contributed by atoms with Gasteiger partial charge >= 0.3 is 0 Å². The summed E-state index contributed by atoms with van der Waals surface area (Å²) in [6, 6.07) is 48.2. The van der Waals surface area contributed by atoms with Gasteiger partial charge in [-0.25, -0.2) is 4.98 Å². The van der Waals surface area contributed by atoms with Crippen LogP contribution in [0.2, 0.25) is 0 Å². The molecule has 10 rings (SSSR count). The molecular weight excluding hydrogens is 524 g/mol. The normalized spacial score (nSPS) is 12.2. The van der Waals surface area contributed by atoms with Crippen LogP contribution in [0.3, 0.4) is 0 Å². The zero-order valence-electron chi connectivity index (χ0n) is 23.1. The minimum Gasteiger partial charge on any atom is -0.309 e. The highest BCUT2D eigenvalue weighted by atomic mass is 15.0. The molecule has 0 amide bonds. The van der Waals surface area contributed by atoms with Crippen LogP contribution in [0.4, 0.5) is 0 Å². The number of aromatic nitrogens is 4. The predicted molar refractivity (Wildman–Crippen MR) is 179 cm³/mol. The highest BCUT2D eigenvalue weighted by Crippen LogP contribution is 2.43. The van der Waals surface area contributed by atoms with Crippen LogP contribution in [0.5, 0.6) is 0 Å². The number of rotatable bonds is 2. The van der Waals surface area contributed by atoms with E-state index in [-0.39, 0.29) is 0 Å². The molecule has 0 aliphatic carbocycles. The topological polar surface area (TPSA) is 27.2 Å². The fourth-order valence-corrected chi connectivity index (χ4v) is 7.31. The Kier molecular flexibility index (Phi) is 4.42. The van der Waals surface area contributed by atoms with Crippen molar-refractivity contribution >= 4 is 70.9 Å². The molecule has 0 radical (unpaired) electrons. The Morgan fingerprint density at radius 2 is 0.977 bits per heavy atom. The van der Waals surface area contributed by atoms with Gasteiger partial charge in [-0.05, 0) is 47.9 Å². The SMILES string of the molecule is c1ccc(-n2c3ccccc3c3cc4c5ccc6c7ccccc7c7nccn7c6c5n(-c5ccccc5)c4cc32)cc1. The molecule has 0 saturated carbocycles. The van der Waals surface area contributed by atoms with Gasteiger partial charge in [-0.15, -0.1) is 0 Å². The molecule has 6 aromatic carbocycles. The third-order valence-corrected chi connectivity index (χ3v) is 9.06. The summed E-state index contributed by atoms with van der Waals surface area (Å²) in [5.74, 6) is 0. The van der Waals surface area contributed by atoms with E-state index in [0.717, 1.165) is 22.4 Å². The Labute approximate surface area is 246 Å². The van der Waals surface area contributed by atoms with Crippen molar-refractivity contribution in [1.29, 1.82) is 0 Å². The van der Waals surface area contributed by atoms with Crippen LogP contribution in [0, 0.1) is 0 Å². The lowest BCUT2D eigenvalue weighted by Gasteiger charge is -2.13. The molecule has 10 aromatic rings. The zero-order chi connectivity index (χ0) is 28.1. The highest BCUT2D eigenvalue weighted by molar-refractivity contribution is 6.26. The second-order valence-corrected chi connectivity index (χ2v) is 11.3. The lowest BCUT2D eigenvalue weighted by Crippen LogP contribution is -1.98. The Balaban J connectivity index is 1.48. The van der Waals surface area contributed by atoms with E-state index in [1.165, 1.54) is 59.9 Å². The van der Waals surface area contributed by atoms with Crippen molar-refractivity contribution in [2.75, 3.05) is 0 Å². The second-order valence-electron chi connectivity index (χ2n) is 11.3. The molecule has 0 N–H and O–H groups in total. The van der Waals surface area contributed by atoms with E-state index in [2.05, 4.69) is 153 Å². The van der Waals surface area contributed by atoms with Crippen molar-refractivity contribution in [1.82, 2.24) is 18.5 Å². The maximum atomic E-state index is 4.83. The van der Waals surface area contributed by atoms with E-state index in [1.54, 1.807) is 0 Å². The molecule has 0 aliphatic rings. The molecule has 43 heavy (non-hydrogen) atoms. The summed E-state index contributed by atoms with van der Waals surface area (Å²) < 4.78 is 7.13. The van der Waals surface area contributed by atoms with Crippen molar-refractivity contribution in [2.24, 2.45) is 0 Å². The third kappa shape index (κ3) is 2.97. The lowest BCUT2D eigenvalue weighted by molar-refractivity contribution is 1.16. The van der Waals surface area contributed by atoms with Crippen LogP contribution < -0.4 is 0 Å². The average molecular weight is 549 g/mol. The number of benzene rings is 6. The number of hydrogen-bond donors (Lipinski definition) is 0. The van der Waals surface area contributed by atoms with E-state index in [0.29, 0.717) is 0 Å². The maximum absolute atomic E-state index is 4.83. The van der Waals surface area contributed by atoms with Crippen molar-refractivity contribution in [3.63, 3.8) is 0 Å². The summed E-state index contributed by atoms with van der Waals surface area (Å²) in [6.07, 6.45) is 4.02. The molecule has 0 saturated heterocycles. The molecule has 0 fully saturated rings. The second kappa shape index (κ2) is 8.34. The summed E-state index contributed by atoms with van der Waals surface area (Å²) in [4.78, 5) is 4.83. The molecule has 4 aromatic heterocycles. The Hall–Kier alpha value is -5.87. The van der Waals surface area contributed by atoms with Gasteiger partial charge in [-0.1, -0.05) is 91.0 Å². The van der Waals surface area contributed by atoms with Gasteiger partial charge in [0.05, 0.1) is 27.6 Å². The highest BCUT2D eigenvalue weighted by Gasteiger charge is 2.21. The molecule has 4 nitrogen and oxygen atoms in total. The van der Waals surface area contributed by atoms with Gasteiger partial charge in [0, 0.05) is 56.1 Å². The lowest BCUT2D eigenvalue weighted by atomic mass is 10.0. The van der Waals surface area contributed by atoms with Gasteiger partial charge in [0.1, 0.15) is 5.65 Å². The van der Waals surface area contributed by atoms with Gasteiger partial charge in [-0.2, -0.15) is 0 Å². The van der Waals surface area contributed by atoms with Crippen molar-refractivity contribution in [3.05, 3.63) is 146 Å². The van der Waals surface area contributed by atoms with Gasteiger partial charge in [0.15, 0.2) is 0 Å². The minimum atomic E-state index is 0.979. The van der Waals surface area contributed by atoms with Gasteiger partial charge < -0.3 is 9.13 Å². The van der Waals surface area contributed by atoms with Crippen LogP contribution >= 0.6 is 0 Å². The number of para-hydroxylation sites is 3. The molecular formula is C39H24N4. The molecule has 4 heterocycles. The average Bonchev–Trinajstić information content (AvgIpc) is 3.77. The maximum Gasteiger partial charge on any atom is 0.145 e. The molecule has 0 unspecified atom stereocenters. The number of fused-ring (bicyclic) bond motifs is 13. The Bertz CT molecular complexity index is 2710. The van der Waals surface area contributed by atoms with E-state index < -0.39 is 0 Å². The van der Waals surface area contributed by atoms with E-state index in [4.69, 9.17) is 4.98 Å². The molecule has 0 aliphatic heterocycles. The molecule has 0 spiro atoms. The van der Waals surface area contributed by atoms with E-state index >= 15 is 0 Å². The van der Waals surface area contributed by atoms with Gasteiger partial charge in [-0.3, -0.25) is 4.40 Å². The predicted octanol–water partition coefficient (Wildman–Crippen LogP) is 9.83. The summed E-state index contributed by atoms with van der Waals surface area (Å²) in [6.45, 7) is 0. The first-order valence-corrected chi connectivity index (χ1v) is 14.7. The van der Waals surface area contributed by atoms with Crippen molar-refractivity contribution in [2.45, 2.75) is 0 Å². The molecule has 4 heteroatoms. The first-order chi connectivity index (χ1) is 21.4. The summed E-state index contributed by atoms with van der Waals surface area (Å²) in [7, 11) is 0. The van der Waals surface area contributed by atoms with Crippen LogP contribution in [0.15, 0.2) is 146 Å². The fourth-order valence-electron chi connectivity index (χ4n) is 7.31. The molecule has 200 valence electrons. The quantitative estimate of drug-likeness (QED) is 0.198. The summed E-state index contributed by atoms with van der Waals surface area (Å²) >= 11 is 0. The summed E-state index contributed by atoms with van der Waals surface area (Å²) in [5.41, 5.74) is 9.23. The number of nitrogens with zero attached hydrogens (tertiary/aromatic N) is 4. The van der Waals surface area contributed by atoms with Gasteiger partial charge in [0.2, 0.25) is 0 Å². The largest absolute Gasteiger partial charge is 0.309 e. The summed E-state index contributed by atoms with van der Waals surface area (Å²) in [5, 5.41) is 8.58. The minimum absolute atomic E-state index is 0.979. The first kappa shape index (κ1) is 22.8. The Morgan fingerprint density at radius 1 is 0.395 bits per heavy atom. The van der Waals surface area contributed by atoms with E-state index in [1.807, 2.05) is 6.20 Å². The smallest absolute Gasteiger partial charge is 0.145 e. The van der Waals surface area contributed by atoms with Crippen LogP contribution in [0.25, 0.3) is 82.3 Å². The fraction of sp³-hybridized carbons (Fsp3) is 0.